The second-order valence-corrected chi connectivity index (χ2v) is 9.13. The molecule has 1 aromatic heterocycles. The molecule has 1 heterocycles. The predicted molar refractivity (Wildman–Crippen MR) is 151 cm³/mol. The third-order valence-electron chi connectivity index (χ3n) is 6.56. The Labute approximate surface area is 216 Å². The number of anilines is 2. The number of benzene rings is 4. The monoisotopic (exact) mass is 487 g/mol. The first-order chi connectivity index (χ1) is 18.1. The van der Waals surface area contributed by atoms with E-state index in [4.69, 9.17) is 5.73 Å². The van der Waals surface area contributed by atoms with Crippen molar-refractivity contribution in [2.24, 2.45) is 5.73 Å². The standard InChI is InChI=1S/C32H29N3O2/c1-21(37)30-19-34-31-14-13-27(18-29(31)32(30)35-28-4-2-3-22(17-28)15-16-33)26-11-9-25(10-12-26)24-7-5-23(20-36)6-8-24/h2-14,17-19,36H,15-16,20,33H2,1H3,(H,34,35). The summed E-state index contributed by atoms with van der Waals surface area (Å²) in [5, 5.41) is 13.7. The molecule has 4 N–H and O–H groups in total. The van der Waals surface area contributed by atoms with Gasteiger partial charge in [0.1, 0.15) is 0 Å². The van der Waals surface area contributed by atoms with E-state index in [-0.39, 0.29) is 12.4 Å². The van der Waals surface area contributed by atoms with Crippen LogP contribution in [0.5, 0.6) is 0 Å². The van der Waals surface area contributed by atoms with Crippen molar-refractivity contribution in [3.63, 3.8) is 0 Å². The van der Waals surface area contributed by atoms with E-state index in [1.54, 1.807) is 13.1 Å². The number of hydrogen-bond acceptors (Lipinski definition) is 5. The minimum absolute atomic E-state index is 0.0390. The Hall–Kier alpha value is -4.32. The smallest absolute Gasteiger partial charge is 0.163 e. The molecule has 0 bridgehead atoms. The predicted octanol–water partition coefficient (Wildman–Crippen LogP) is 6.51. The van der Waals surface area contributed by atoms with Crippen LogP contribution in [0.2, 0.25) is 0 Å². The van der Waals surface area contributed by atoms with Gasteiger partial charge >= 0.3 is 0 Å². The molecule has 0 atom stereocenters. The fourth-order valence-electron chi connectivity index (χ4n) is 4.55. The normalized spacial score (nSPS) is 11.0. The zero-order valence-electron chi connectivity index (χ0n) is 20.7. The van der Waals surface area contributed by atoms with Crippen LogP contribution >= 0.6 is 0 Å². The van der Waals surface area contributed by atoms with Gasteiger partial charge in [-0.25, -0.2) is 0 Å². The van der Waals surface area contributed by atoms with Crippen molar-refractivity contribution in [2.45, 2.75) is 20.0 Å². The average Bonchev–Trinajstić information content (AvgIpc) is 2.93. The lowest BCUT2D eigenvalue weighted by Crippen LogP contribution is -2.05. The van der Waals surface area contributed by atoms with Crippen LogP contribution in [0.3, 0.4) is 0 Å². The third kappa shape index (κ3) is 5.28. The number of nitrogens with zero attached hydrogens (tertiary/aromatic N) is 1. The molecule has 4 aromatic carbocycles. The molecule has 0 aliphatic carbocycles. The molecule has 5 aromatic rings. The van der Waals surface area contributed by atoms with E-state index in [0.29, 0.717) is 12.1 Å². The van der Waals surface area contributed by atoms with Crippen LogP contribution in [0.25, 0.3) is 33.2 Å². The van der Waals surface area contributed by atoms with E-state index in [1.807, 2.05) is 42.5 Å². The Balaban J connectivity index is 1.53. The molecule has 0 aliphatic rings. The summed E-state index contributed by atoms with van der Waals surface area (Å²) in [6, 6.07) is 30.6. The molecular formula is C32H29N3O2. The number of fused-ring (bicyclic) bond motifs is 1. The lowest BCUT2D eigenvalue weighted by molar-refractivity contribution is 0.101. The quantitative estimate of drug-likeness (QED) is 0.217. The van der Waals surface area contributed by atoms with Crippen LogP contribution in [0, 0.1) is 0 Å². The van der Waals surface area contributed by atoms with Crippen LogP contribution in [0.1, 0.15) is 28.4 Å². The molecule has 5 heteroatoms. The number of carbonyl (C=O) groups excluding carboxylic acids is 1. The van der Waals surface area contributed by atoms with E-state index < -0.39 is 0 Å². The molecule has 37 heavy (non-hydrogen) atoms. The number of pyridine rings is 1. The first-order valence-corrected chi connectivity index (χ1v) is 12.4. The maximum Gasteiger partial charge on any atom is 0.163 e. The molecule has 0 amide bonds. The Bertz CT molecular complexity index is 1560. The van der Waals surface area contributed by atoms with Gasteiger partial charge in [0.05, 0.1) is 23.4 Å². The van der Waals surface area contributed by atoms with Crippen LogP contribution in [-0.4, -0.2) is 22.4 Å². The Morgan fingerprint density at radius 1 is 0.838 bits per heavy atom. The number of rotatable bonds is 8. The first kappa shape index (κ1) is 24.4. The number of carbonyl (C=O) groups is 1. The highest BCUT2D eigenvalue weighted by atomic mass is 16.3. The molecule has 5 nitrogen and oxygen atoms in total. The number of aromatic nitrogens is 1. The van der Waals surface area contributed by atoms with Crippen molar-refractivity contribution in [3.05, 3.63) is 114 Å². The minimum Gasteiger partial charge on any atom is -0.392 e. The van der Waals surface area contributed by atoms with Crippen molar-refractivity contribution >= 4 is 28.1 Å². The number of aliphatic hydroxyl groups is 1. The third-order valence-corrected chi connectivity index (χ3v) is 6.56. The second kappa shape index (κ2) is 10.7. The minimum atomic E-state index is -0.0445. The summed E-state index contributed by atoms with van der Waals surface area (Å²) in [6.45, 7) is 2.18. The largest absolute Gasteiger partial charge is 0.392 e. The number of Topliss-reactive ketones (excluding diaryl/α,β-unsaturated/α-hetero) is 1. The molecule has 0 fully saturated rings. The fraction of sp³-hybridized carbons (Fsp3) is 0.125. The van der Waals surface area contributed by atoms with E-state index in [2.05, 4.69) is 58.8 Å². The topological polar surface area (TPSA) is 88.2 Å². The summed E-state index contributed by atoms with van der Waals surface area (Å²) in [7, 11) is 0. The number of nitrogens with two attached hydrogens (primary N) is 1. The summed E-state index contributed by atoms with van der Waals surface area (Å²) in [5.74, 6) is -0.0445. The maximum atomic E-state index is 12.5. The Morgan fingerprint density at radius 3 is 2.14 bits per heavy atom. The first-order valence-electron chi connectivity index (χ1n) is 12.4. The highest BCUT2D eigenvalue weighted by Crippen LogP contribution is 2.34. The molecule has 0 spiro atoms. The number of ketones is 1. The zero-order chi connectivity index (χ0) is 25.8. The van der Waals surface area contributed by atoms with E-state index in [9.17, 15) is 9.90 Å². The van der Waals surface area contributed by atoms with Crippen molar-refractivity contribution in [2.75, 3.05) is 11.9 Å². The Morgan fingerprint density at radius 2 is 1.49 bits per heavy atom. The Kier molecular flexibility index (Phi) is 7.08. The lowest BCUT2D eigenvalue weighted by Gasteiger charge is -2.15. The van der Waals surface area contributed by atoms with Crippen molar-refractivity contribution in [3.8, 4) is 22.3 Å². The molecule has 0 saturated carbocycles. The fourth-order valence-corrected chi connectivity index (χ4v) is 4.55. The van der Waals surface area contributed by atoms with Crippen molar-refractivity contribution < 1.29 is 9.90 Å². The van der Waals surface area contributed by atoms with Gasteiger partial charge in [0, 0.05) is 17.3 Å². The second-order valence-electron chi connectivity index (χ2n) is 9.13. The van der Waals surface area contributed by atoms with E-state index in [0.717, 1.165) is 62.1 Å². The van der Waals surface area contributed by atoms with Crippen LogP contribution in [0.15, 0.2) is 97.2 Å². The van der Waals surface area contributed by atoms with Gasteiger partial charge in [-0.05, 0) is 77.5 Å². The van der Waals surface area contributed by atoms with Crippen molar-refractivity contribution in [1.82, 2.24) is 4.98 Å². The van der Waals surface area contributed by atoms with Gasteiger partial charge in [-0.1, -0.05) is 66.7 Å². The van der Waals surface area contributed by atoms with Crippen LogP contribution < -0.4 is 11.1 Å². The van der Waals surface area contributed by atoms with Gasteiger partial charge in [0.2, 0.25) is 0 Å². The summed E-state index contributed by atoms with van der Waals surface area (Å²) in [4.78, 5) is 17.1. The SMILES string of the molecule is CC(=O)c1cnc2ccc(-c3ccc(-c4ccc(CO)cc4)cc3)cc2c1Nc1cccc(CCN)c1. The molecule has 0 unspecified atom stereocenters. The number of aliphatic hydroxyl groups excluding tert-OH is 1. The van der Waals surface area contributed by atoms with Crippen LogP contribution in [-0.2, 0) is 13.0 Å². The molecular weight excluding hydrogens is 458 g/mol. The van der Waals surface area contributed by atoms with Gasteiger partial charge < -0.3 is 16.2 Å². The van der Waals surface area contributed by atoms with Crippen LogP contribution in [0.4, 0.5) is 11.4 Å². The van der Waals surface area contributed by atoms with E-state index in [1.165, 1.54) is 0 Å². The molecule has 184 valence electrons. The highest BCUT2D eigenvalue weighted by Gasteiger charge is 2.14. The summed E-state index contributed by atoms with van der Waals surface area (Å²) >= 11 is 0. The summed E-state index contributed by atoms with van der Waals surface area (Å²) < 4.78 is 0. The maximum absolute atomic E-state index is 12.5. The number of nitrogens with one attached hydrogen (secondary N) is 1. The lowest BCUT2D eigenvalue weighted by atomic mass is 9.97. The highest BCUT2D eigenvalue weighted by molar-refractivity contribution is 6.08. The van der Waals surface area contributed by atoms with Gasteiger partial charge in [-0.15, -0.1) is 0 Å². The van der Waals surface area contributed by atoms with Gasteiger partial charge in [0.25, 0.3) is 0 Å². The van der Waals surface area contributed by atoms with Gasteiger partial charge in [0.15, 0.2) is 5.78 Å². The number of hydrogen-bond donors (Lipinski definition) is 3. The zero-order valence-corrected chi connectivity index (χ0v) is 20.7. The molecule has 0 aliphatic heterocycles. The molecule has 0 saturated heterocycles. The molecule has 0 radical (unpaired) electrons. The van der Waals surface area contributed by atoms with E-state index >= 15 is 0 Å². The van der Waals surface area contributed by atoms with Gasteiger partial charge in [-0.2, -0.15) is 0 Å². The summed E-state index contributed by atoms with van der Waals surface area (Å²) in [6.07, 6.45) is 2.44. The summed E-state index contributed by atoms with van der Waals surface area (Å²) in [5.41, 5.74) is 15.1. The van der Waals surface area contributed by atoms with Crippen molar-refractivity contribution in [1.29, 1.82) is 0 Å². The average molecular weight is 488 g/mol. The van der Waals surface area contributed by atoms with Gasteiger partial charge in [-0.3, -0.25) is 9.78 Å². The molecule has 5 rings (SSSR count).